The van der Waals surface area contributed by atoms with E-state index in [9.17, 15) is 9.90 Å². The van der Waals surface area contributed by atoms with Gasteiger partial charge in [0.15, 0.2) is 0 Å². The highest BCUT2D eigenvalue weighted by atomic mass is 16.3. The summed E-state index contributed by atoms with van der Waals surface area (Å²) in [5.74, 6) is -0.245. The predicted molar refractivity (Wildman–Crippen MR) is 43.9 cm³/mol. The van der Waals surface area contributed by atoms with Crippen LogP contribution in [0.15, 0.2) is 21.1 Å². The number of aromatic nitrogens is 1. The molecule has 1 rings (SSSR count). The Bertz CT molecular complexity index is 341. The average Bonchev–Trinajstić information content (AvgIpc) is 1.96. The van der Waals surface area contributed by atoms with Gasteiger partial charge in [-0.3, -0.25) is 9.78 Å². The van der Waals surface area contributed by atoms with Crippen molar-refractivity contribution < 1.29 is 5.11 Å². The number of azo groups is 1. The summed E-state index contributed by atoms with van der Waals surface area (Å²) >= 11 is 0. The molecular formula is C7H9N3O2. The van der Waals surface area contributed by atoms with Crippen LogP contribution in [-0.4, -0.2) is 17.1 Å². The Morgan fingerprint density at radius 2 is 2.25 bits per heavy atom. The number of aryl methyl sites for hydroxylation is 1. The fourth-order valence-electron chi connectivity index (χ4n) is 0.890. The third-order valence-electron chi connectivity index (χ3n) is 1.39. The summed E-state index contributed by atoms with van der Waals surface area (Å²) in [7, 11) is 1.49. The minimum atomic E-state index is -0.347. The number of aromatic hydroxyl groups is 1. The summed E-state index contributed by atoms with van der Waals surface area (Å²) in [5, 5.41) is 16.3. The summed E-state index contributed by atoms with van der Waals surface area (Å²) in [6.45, 7) is 1.68. The van der Waals surface area contributed by atoms with E-state index in [0.717, 1.165) is 0 Å². The number of nitrogens with zero attached hydrogens (tertiary/aromatic N) is 2. The fourth-order valence-corrected chi connectivity index (χ4v) is 0.890. The van der Waals surface area contributed by atoms with Crippen molar-refractivity contribution in [1.82, 2.24) is 4.98 Å². The number of H-pyrrole nitrogens is 1. The van der Waals surface area contributed by atoms with Crippen LogP contribution in [0.3, 0.4) is 0 Å². The van der Waals surface area contributed by atoms with Crippen LogP contribution in [0.4, 0.5) is 5.69 Å². The van der Waals surface area contributed by atoms with Crippen LogP contribution < -0.4 is 5.56 Å². The van der Waals surface area contributed by atoms with E-state index in [2.05, 4.69) is 15.2 Å². The van der Waals surface area contributed by atoms with Gasteiger partial charge in [0.2, 0.25) is 5.88 Å². The lowest BCUT2D eigenvalue weighted by molar-refractivity contribution is 0.452. The van der Waals surface area contributed by atoms with Crippen molar-refractivity contribution in [3.05, 3.63) is 22.0 Å². The molecule has 0 unspecified atom stereocenters. The van der Waals surface area contributed by atoms with Crippen LogP contribution in [0, 0.1) is 6.92 Å². The zero-order valence-electron chi connectivity index (χ0n) is 6.83. The van der Waals surface area contributed by atoms with Crippen LogP contribution in [0.2, 0.25) is 0 Å². The quantitative estimate of drug-likeness (QED) is 0.614. The average molecular weight is 167 g/mol. The minimum Gasteiger partial charge on any atom is -0.493 e. The van der Waals surface area contributed by atoms with Gasteiger partial charge in [-0.15, -0.1) is 0 Å². The maximum Gasteiger partial charge on any atom is 0.251 e. The predicted octanol–water partition coefficient (Wildman–Crippen LogP) is 1.10. The first-order chi connectivity index (χ1) is 5.65. The molecule has 0 amide bonds. The van der Waals surface area contributed by atoms with Gasteiger partial charge >= 0.3 is 0 Å². The third kappa shape index (κ3) is 1.50. The number of hydrogen-bond donors (Lipinski definition) is 2. The second-order valence-electron chi connectivity index (χ2n) is 2.31. The van der Waals surface area contributed by atoms with Gasteiger partial charge < -0.3 is 5.11 Å². The molecule has 12 heavy (non-hydrogen) atoms. The maximum atomic E-state index is 10.8. The smallest absolute Gasteiger partial charge is 0.251 e. The summed E-state index contributed by atoms with van der Waals surface area (Å²) in [4.78, 5) is 13.0. The normalized spacial score (nSPS) is 10.8. The molecule has 1 aromatic heterocycles. The van der Waals surface area contributed by atoms with E-state index in [1.54, 1.807) is 6.92 Å². The molecule has 64 valence electrons. The molecule has 0 saturated carbocycles. The number of pyridine rings is 1. The summed E-state index contributed by atoms with van der Waals surface area (Å²) in [6, 6.07) is 1.35. The van der Waals surface area contributed by atoms with E-state index >= 15 is 0 Å². The van der Waals surface area contributed by atoms with E-state index in [0.29, 0.717) is 11.3 Å². The molecule has 0 aliphatic carbocycles. The SMILES string of the molecule is CN=Nc1c(C)cc(=O)[nH]c1O. The third-order valence-corrected chi connectivity index (χ3v) is 1.39. The van der Waals surface area contributed by atoms with E-state index in [1.807, 2.05) is 0 Å². The molecule has 0 aliphatic heterocycles. The van der Waals surface area contributed by atoms with Crippen molar-refractivity contribution >= 4 is 5.69 Å². The first kappa shape index (κ1) is 8.45. The molecule has 0 saturated heterocycles. The highest BCUT2D eigenvalue weighted by molar-refractivity contribution is 5.51. The highest BCUT2D eigenvalue weighted by Crippen LogP contribution is 2.25. The van der Waals surface area contributed by atoms with Crippen molar-refractivity contribution in [3.63, 3.8) is 0 Å². The van der Waals surface area contributed by atoms with Gasteiger partial charge in [0.1, 0.15) is 5.69 Å². The Morgan fingerprint density at radius 3 is 2.75 bits per heavy atom. The molecule has 1 heterocycles. The highest BCUT2D eigenvalue weighted by Gasteiger charge is 2.04. The number of hydrogen-bond acceptors (Lipinski definition) is 4. The minimum absolute atomic E-state index is 0.245. The van der Waals surface area contributed by atoms with Crippen molar-refractivity contribution in [1.29, 1.82) is 0 Å². The van der Waals surface area contributed by atoms with Crippen LogP contribution >= 0.6 is 0 Å². The van der Waals surface area contributed by atoms with Crippen molar-refractivity contribution in [2.75, 3.05) is 7.05 Å². The summed E-state index contributed by atoms with van der Waals surface area (Å²) in [6.07, 6.45) is 0. The largest absolute Gasteiger partial charge is 0.493 e. The fraction of sp³-hybridized carbons (Fsp3) is 0.286. The Labute approximate surface area is 68.8 Å². The van der Waals surface area contributed by atoms with Gasteiger partial charge in [-0.25, -0.2) is 0 Å². The molecule has 0 radical (unpaired) electrons. The van der Waals surface area contributed by atoms with Crippen LogP contribution in [0.5, 0.6) is 5.88 Å². The van der Waals surface area contributed by atoms with Crippen molar-refractivity contribution in [2.24, 2.45) is 10.2 Å². The van der Waals surface area contributed by atoms with Crippen LogP contribution in [0.1, 0.15) is 5.56 Å². The van der Waals surface area contributed by atoms with Gasteiger partial charge in [-0.05, 0) is 12.5 Å². The summed E-state index contributed by atoms with van der Waals surface area (Å²) in [5.41, 5.74) is 0.555. The van der Waals surface area contributed by atoms with E-state index in [1.165, 1.54) is 13.1 Å². The van der Waals surface area contributed by atoms with Crippen molar-refractivity contribution in [2.45, 2.75) is 6.92 Å². The monoisotopic (exact) mass is 167 g/mol. The molecule has 0 bridgehead atoms. The topological polar surface area (TPSA) is 77.8 Å². The molecular weight excluding hydrogens is 158 g/mol. The Kier molecular flexibility index (Phi) is 2.23. The number of rotatable bonds is 1. The lowest BCUT2D eigenvalue weighted by atomic mass is 10.2. The molecule has 1 aromatic rings. The summed E-state index contributed by atoms with van der Waals surface area (Å²) < 4.78 is 0. The lowest BCUT2D eigenvalue weighted by Crippen LogP contribution is -2.03. The van der Waals surface area contributed by atoms with Gasteiger partial charge in [0, 0.05) is 13.1 Å². The van der Waals surface area contributed by atoms with E-state index < -0.39 is 0 Å². The molecule has 2 N–H and O–H groups in total. The second kappa shape index (κ2) is 3.17. The zero-order chi connectivity index (χ0) is 9.14. The number of aromatic amines is 1. The maximum absolute atomic E-state index is 10.8. The molecule has 0 aromatic carbocycles. The van der Waals surface area contributed by atoms with E-state index in [-0.39, 0.29) is 11.4 Å². The van der Waals surface area contributed by atoms with E-state index in [4.69, 9.17) is 0 Å². The lowest BCUT2D eigenvalue weighted by Gasteiger charge is -1.99. The second-order valence-corrected chi connectivity index (χ2v) is 2.31. The van der Waals surface area contributed by atoms with Crippen LogP contribution in [-0.2, 0) is 0 Å². The van der Waals surface area contributed by atoms with Crippen LogP contribution in [0.25, 0.3) is 0 Å². The Balaban J connectivity index is 3.38. The molecule has 0 aliphatic rings. The Morgan fingerprint density at radius 1 is 1.58 bits per heavy atom. The Hall–Kier alpha value is -1.65. The molecule has 5 heteroatoms. The van der Waals surface area contributed by atoms with Gasteiger partial charge in [-0.2, -0.15) is 10.2 Å². The standard InChI is InChI=1S/C7H9N3O2/c1-4-3-5(11)9-7(12)6(4)10-8-2/h3H,1-2H3,(H2,9,11,12). The molecule has 0 spiro atoms. The van der Waals surface area contributed by atoms with Gasteiger partial charge in [0.05, 0.1) is 0 Å². The molecule has 0 atom stereocenters. The van der Waals surface area contributed by atoms with Gasteiger partial charge in [0.25, 0.3) is 5.56 Å². The molecule has 0 fully saturated rings. The van der Waals surface area contributed by atoms with Crippen molar-refractivity contribution in [3.8, 4) is 5.88 Å². The molecule has 5 nitrogen and oxygen atoms in total. The van der Waals surface area contributed by atoms with Gasteiger partial charge in [-0.1, -0.05) is 0 Å². The zero-order valence-corrected chi connectivity index (χ0v) is 6.83. The first-order valence-corrected chi connectivity index (χ1v) is 3.38. The first-order valence-electron chi connectivity index (χ1n) is 3.38. The number of nitrogens with one attached hydrogen (secondary N) is 1.